The highest BCUT2D eigenvalue weighted by Gasteiger charge is 2.43. The van der Waals surface area contributed by atoms with Crippen molar-refractivity contribution in [1.29, 1.82) is 0 Å². The number of hydrogen-bond acceptors (Lipinski definition) is 1. The van der Waals surface area contributed by atoms with Crippen LogP contribution in [-0.2, 0) is 5.41 Å². The molecule has 0 radical (unpaired) electrons. The summed E-state index contributed by atoms with van der Waals surface area (Å²) in [6, 6.07) is 86.3. The van der Waals surface area contributed by atoms with Gasteiger partial charge in [0.1, 0.15) is 0 Å². The zero-order valence-electron chi connectivity index (χ0n) is 31.0. The van der Waals surface area contributed by atoms with E-state index in [1.165, 1.54) is 66.8 Å². The van der Waals surface area contributed by atoms with Crippen LogP contribution in [0.2, 0.25) is 0 Å². The molecule has 56 heavy (non-hydrogen) atoms. The normalized spacial score (nSPS) is 12.4. The molecule has 0 spiro atoms. The van der Waals surface area contributed by atoms with Gasteiger partial charge in [0.15, 0.2) is 0 Å². The van der Waals surface area contributed by atoms with E-state index in [2.05, 4.69) is 241 Å². The van der Waals surface area contributed by atoms with Crippen LogP contribution in [0, 0.1) is 0 Å². The third-order valence-corrected chi connectivity index (χ3v) is 11.4. The molecule has 9 aromatic rings. The fourth-order valence-electron chi connectivity index (χ4n) is 8.86. The van der Waals surface area contributed by atoms with E-state index in [1.807, 2.05) is 0 Å². The van der Waals surface area contributed by atoms with Crippen molar-refractivity contribution < 1.29 is 0 Å². The van der Waals surface area contributed by atoms with Gasteiger partial charge in [-0.25, -0.2) is 0 Å². The maximum Gasteiger partial charge on any atom is 0.0713 e. The van der Waals surface area contributed by atoms with Gasteiger partial charge in [-0.2, -0.15) is 0 Å². The Labute approximate surface area is 329 Å². The highest BCUT2D eigenvalue weighted by atomic mass is 15.1. The molecule has 264 valence electrons. The number of anilines is 3. The van der Waals surface area contributed by atoms with Crippen LogP contribution in [0.1, 0.15) is 22.3 Å². The van der Waals surface area contributed by atoms with Crippen molar-refractivity contribution in [2.24, 2.45) is 0 Å². The number of hydrogen-bond donors (Lipinski definition) is 0. The quantitative estimate of drug-likeness (QED) is 0.159. The van der Waals surface area contributed by atoms with Crippen molar-refractivity contribution in [3.63, 3.8) is 0 Å². The Morgan fingerprint density at radius 3 is 1.20 bits per heavy atom. The molecule has 0 unspecified atom stereocenters. The standard InChI is InChI=1S/C55H39N/c1-4-17-40(18-5-1)42-31-35-46(36-32-42)56(48-24-16-21-43(39-48)41-19-6-2-7-20-41)47-37-33-45(34-38-47)55(44-22-8-3-9-23-44)53-29-14-12-27-51(53)49-25-10-11-26-50(49)52-28-13-15-30-54(52)55/h1-39H. The van der Waals surface area contributed by atoms with Crippen LogP contribution in [0.25, 0.3) is 44.5 Å². The predicted octanol–water partition coefficient (Wildman–Crippen LogP) is 14.5. The Morgan fingerprint density at radius 2 is 0.643 bits per heavy atom. The first kappa shape index (κ1) is 33.4. The summed E-state index contributed by atoms with van der Waals surface area (Å²) in [6.45, 7) is 0. The van der Waals surface area contributed by atoms with Crippen LogP contribution in [-0.4, -0.2) is 0 Å². The molecule has 0 aliphatic heterocycles. The minimum atomic E-state index is -0.582. The van der Waals surface area contributed by atoms with Gasteiger partial charge in [0.05, 0.1) is 5.41 Å². The zero-order valence-corrected chi connectivity index (χ0v) is 31.0. The van der Waals surface area contributed by atoms with Gasteiger partial charge >= 0.3 is 0 Å². The average molecular weight is 714 g/mol. The lowest BCUT2D eigenvalue weighted by atomic mass is 9.63. The van der Waals surface area contributed by atoms with Gasteiger partial charge in [0.2, 0.25) is 0 Å². The van der Waals surface area contributed by atoms with E-state index in [0.717, 1.165) is 17.1 Å². The summed E-state index contributed by atoms with van der Waals surface area (Å²) in [7, 11) is 0. The van der Waals surface area contributed by atoms with Gasteiger partial charge in [-0.3, -0.25) is 0 Å². The van der Waals surface area contributed by atoms with Gasteiger partial charge in [-0.15, -0.1) is 0 Å². The lowest BCUT2D eigenvalue weighted by molar-refractivity contribution is 0.751. The molecule has 0 amide bonds. The first-order chi connectivity index (χ1) is 27.8. The SMILES string of the molecule is c1ccc(-c2ccc(N(c3ccc(C4(c5ccccc5)c5ccccc5-c5ccccc5-c5ccccc54)cc3)c3cccc(-c4ccccc4)c3)cc2)cc1. The van der Waals surface area contributed by atoms with E-state index in [0.29, 0.717) is 0 Å². The minimum absolute atomic E-state index is 0.582. The second-order valence-electron chi connectivity index (χ2n) is 14.5. The molecule has 1 aliphatic rings. The molecule has 0 N–H and O–H groups in total. The third kappa shape index (κ3) is 5.65. The number of benzene rings is 9. The van der Waals surface area contributed by atoms with Gasteiger partial charge < -0.3 is 4.90 Å². The van der Waals surface area contributed by atoms with E-state index in [1.54, 1.807) is 0 Å². The molecule has 0 aromatic heterocycles. The first-order valence-corrected chi connectivity index (χ1v) is 19.3. The molecular formula is C55H39N. The Kier molecular flexibility index (Phi) is 8.46. The summed E-state index contributed by atoms with van der Waals surface area (Å²) in [5.41, 5.74) is 17.5. The summed E-state index contributed by atoms with van der Waals surface area (Å²) >= 11 is 0. The van der Waals surface area contributed by atoms with Gasteiger partial charge in [-0.1, -0.05) is 200 Å². The summed E-state index contributed by atoms with van der Waals surface area (Å²) in [5, 5.41) is 0. The maximum atomic E-state index is 2.38. The molecule has 10 rings (SSSR count). The zero-order chi connectivity index (χ0) is 37.3. The van der Waals surface area contributed by atoms with E-state index in [-0.39, 0.29) is 0 Å². The van der Waals surface area contributed by atoms with Crippen molar-refractivity contribution in [3.8, 4) is 44.5 Å². The topological polar surface area (TPSA) is 3.24 Å². The van der Waals surface area contributed by atoms with Gasteiger partial charge in [0, 0.05) is 17.1 Å². The van der Waals surface area contributed by atoms with Crippen molar-refractivity contribution in [2.45, 2.75) is 5.41 Å². The van der Waals surface area contributed by atoms with Crippen LogP contribution in [0.5, 0.6) is 0 Å². The molecule has 0 atom stereocenters. The molecule has 1 aliphatic carbocycles. The van der Waals surface area contributed by atoms with Crippen molar-refractivity contribution in [1.82, 2.24) is 0 Å². The molecular weight excluding hydrogens is 675 g/mol. The van der Waals surface area contributed by atoms with Crippen LogP contribution in [0.3, 0.4) is 0 Å². The molecule has 0 fully saturated rings. The Bertz CT molecular complexity index is 2700. The second-order valence-corrected chi connectivity index (χ2v) is 14.5. The lowest BCUT2D eigenvalue weighted by Gasteiger charge is -2.38. The Balaban J connectivity index is 1.18. The molecule has 0 bridgehead atoms. The van der Waals surface area contributed by atoms with Crippen molar-refractivity contribution >= 4 is 17.1 Å². The second kappa shape index (κ2) is 14.2. The lowest BCUT2D eigenvalue weighted by Crippen LogP contribution is -2.31. The molecule has 0 saturated carbocycles. The van der Waals surface area contributed by atoms with Crippen LogP contribution >= 0.6 is 0 Å². The molecule has 1 nitrogen and oxygen atoms in total. The fraction of sp³-hybridized carbons (Fsp3) is 0.0182. The maximum absolute atomic E-state index is 2.38. The van der Waals surface area contributed by atoms with Crippen LogP contribution in [0.4, 0.5) is 17.1 Å². The largest absolute Gasteiger partial charge is 0.310 e. The number of rotatable bonds is 7. The summed E-state index contributed by atoms with van der Waals surface area (Å²) < 4.78 is 0. The highest BCUT2D eigenvalue weighted by Crippen LogP contribution is 2.55. The minimum Gasteiger partial charge on any atom is -0.310 e. The third-order valence-electron chi connectivity index (χ3n) is 11.4. The average Bonchev–Trinajstić information content (AvgIpc) is 3.40. The molecule has 9 aromatic carbocycles. The van der Waals surface area contributed by atoms with E-state index >= 15 is 0 Å². The number of fused-ring (bicyclic) bond motifs is 5. The van der Waals surface area contributed by atoms with Crippen molar-refractivity contribution in [2.75, 3.05) is 4.90 Å². The predicted molar refractivity (Wildman–Crippen MR) is 235 cm³/mol. The van der Waals surface area contributed by atoms with E-state index in [4.69, 9.17) is 0 Å². The molecule has 0 heterocycles. The monoisotopic (exact) mass is 713 g/mol. The highest BCUT2D eigenvalue weighted by molar-refractivity contribution is 5.93. The first-order valence-electron chi connectivity index (χ1n) is 19.3. The molecule has 1 heteroatoms. The van der Waals surface area contributed by atoms with Gasteiger partial charge in [-0.05, 0) is 103 Å². The molecule has 0 saturated heterocycles. The van der Waals surface area contributed by atoms with Crippen LogP contribution < -0.4 is 4.90 Å². The fourth-order valence-corrected chi connectivity index (χ4v) is 8.86. The number of nitrogens with zero attached hydrogens (tertiary/aromatic N) is 1. The van der Waals surface area contributed by atoms with E-state index < -0.39 is 5.41 Å². The van der Waals surface area contributed by atoms with Crippen LogP contribution in [0.15, 0.2) is 237 Å². The van der Waals surface area contributed by atoms with Crippen molar-refractivity contribution in [3.05, 3.63) is 259 Å². The summed E-state index contributed by atoms with van der Waals surface area (Å²) in [4.78, 5) is 2.38. The summed E-state index contributed by atoms with van der Waals surface area (Å²) in [5.74, 6) is 0. The van der Waals surface area contributed by atoms with E-state index in [9.17, 15) is 0 Å². The Morgan fingerprint density at radius 1 is 0.250 bits per heavy atom. The smallest absolute Gasteiger partial charge is 0.0713 e. The Hall–Kier alpha value is -7.22. The summed E-state index contributed by atoms with van der Waals surface area (Å²) in [6.07, 6.45) is 0. The van der Waals surface area contributed by atoms with Gasteiger partial charge in [0.25, 0.3) is 0 Å².